The van der Waals surface area contributed by atoms with E-state index in [2.05, 4.69) is 10.3 Å². The van der Waals surface area contributed by atoms with Crippen molar-refractivity contribution in [2.45, 2.75) is 0 Å². The van der Waals surface area contributed by atoms with Crippen LogP contribution in [0.25, 0.3) is 0 Å². The fourth-order valence-corrected chi connectivity index (χ4v) is 1.75. The average molecular weight is 280 g/mol. The summed E-state index contributed by atoms with van der Waals surface area (Å²) >= 11 is 5.81. The zero-order chi connectivity index (χ0) is 14.0. The van der Waals surface area contributed by atoms with Gasteiger partial charge in [-0.3, -0.25) is 4.79 Å². The Balaban J connectivity index is 2.18. The minimum atomic E-state index is -1.12. The maximum atomic E-state index is 11.8. The van der Waals surface area contributed by atoms with Gasteiger partial charge in [0.15, 0.2) is 0 Å². The number of carboxylic acids is 1. The van der Waals surface area contributed by atoms with Crippen molar-refractivity contribution in [3.8, 4) is 0 Å². The summed E-state index contributed by atoms with van der Waals surface area (Å²) < 4.78 is 1.65. The topological polar surface area (TPSA) is 84.2 Å². The normalized spacial score (nSPS) is 10.2. The van der Waals surface area contributed by atoms with Crippen LogP contribution in [0.2, 0.25) is 5.02 Å². The second kappa shape index (κ2) is 5.11. The molecule has 0 fully saturated rings. The van der Waals surface area contributed by atoms with Crippen LogP contribution in [0, 0.1) is 0 Å². The maximum Gasteiger partial charge on any atom is 0.337 e. The lowest BCUT2D eigenvalue weighted by Crippen LogP contribution is -2.12. The summed E-state index contributed by atoms with van der Waals surface area (Å²) in [5.41, 5.74) is 0.657. The highest BCUT2D eigenvalue weighted by molar-refractivity contribution is 6.33. The van der Waals surface area contributed by atoms with Crippen LogP contribution in [0.15, 0.2) is 30.7 Å². The number of nitrogens with one attached hydrogen (secondary N) is 1. The van der Waals surface area contributed by atoms with E-state index in [9.17, 15) is 9.59 Å². The molecule has 0 saturated carbocycles. The Labute approximate surface area is 113 Å². The van der Waals surface area contributed by atoms with E-state index < -0.39 is 5.97 Å². The summed E-state index contributed by atoms with van der Waals surface area (Å²) in [6.45, 7) is 0. The van der Waals surface area contributed by atoms with Crippen molar-refractivity contribution in [3.05, 3.63) is 47.0 Å². The summed E-state index contributed by atoms with van der Waals surface area (Å²) in [6.07, 6.45) is 3.08. The van der Waals surface area contributed by atoms with Gasteiger partial charge >= 0.3 is 5.97 Å². The van der Waals surface area contributed by atoms with Gasteiger partial charge in [0.2, 0.25) is 0 Å². The van der Waals surface area contributed by atoms with Crippen LogP contribution in [-0.4, -0.2) is 26.5 Å². The predicted molar refractivity (Wildman–Crippen MR) is 69.6 cm³/mol. The largest absolute Gasteiger partial charge is 0.478 e. The number of hydrogen-bond acceptors (Lipinski definition) is 3. The third-order valence-electron chi connectivity index (χ3n) is 2.39. The first-order valence-corrected chi connectivity index (χ1v) is 5.67. The number of amides is 1. The molecule has 0 atom stereocenters. The molecule has 7 heteroatoms. The molecule has 2 N–H and O–H groups in total. The highest BCUT2D eigenvalue weighted by Gasteiger charge is 2.12. The second-order valence-electron chi connectivity index (χ2n) is 3.88. The maximum absolute atomic E-state index is 11.8. The first-order valence-electron chi connectivity index (χ1n) is 5.29. The van der Waals surface area contributed by atoms with Crippen molar-refractivity contribution in [2.24, 2.45) is 7.05 Å². The molecule has 0 saturated heterocycles. The molecule has 0 unspecified atom stereocenters. The highest BCUT2D eigenvalue weighted by Crippen LogP contribution is 2.21. The van der Waals surface area contributed by atoms with Crippen molar-refractivity contribution in [1.29, 1.82) is 0 Å². The smallest absolute Gasteiger partial charge is 0.337 e. The van der Waals surface area contributed by atoms with Gasteiger partial charge in [-0.1, -0.05) is 11.6 Å². The van der Waals surface area contributed by atoms with Crippen molar-refractivity contribution in [1.82, 2.24) is 9.55 Å². The summed E-state index contributed by atoms with van der Waals surface area (Å²) in [5, 5.41) is 11.5. The van der Waals surface area contributed by atoms with Crippen LogP contribution in [0.1, 0.15) is 20.8 Å². The number of nitrogens with zero attached hydrogens (tertiary/aromatic N) is 2. The third kappa shape index (κ3) is 2.92. The molecule has 1 heterocycles. The number of halogens is 1. The van der Waals surface area contributed by atoms with Crippen molar-refractivity contribution in [2.75, 3.05) is 5.32 Å². The number of imidazole rings is 1. The van der Waals surface area contributed by atoms with Gasteiger partial charge < -0.3 is 15.0 Å². The fraction of sp³-hybridized carbons (Fsp3) is 0.0833. The van der Waals surface area contributed by atoms with E-state index in [0.717, 1.165) is 0 Å². The molecule has 0 aliphatic rings. The number of aromatic carboxylic acids is 1. The lowest BCUT2D eigenvalue weighted by Gasteiger charge is -2.05. The van der Waals surface area contributed by atoms with Gasteiger partial charge in [0, 0.05) is 18.9 Å². The number of carbonyl (C=O) groups excluding carboxylic acids is 1. The fourth-order valence-electron chi connectivity index (χ4n) is 1.49. The molecule has 0 radical (unpaired) electrons. The Morgan fingerprint density at radius 2 is 2.16 bits per heavy atom. The van der Waals surface area contributed by atoms with E-state index in [1.165, 1.54) is 24.5 Å². The Bertz CT molecular complexity index is 651. The lowest BCUT2D eigenvalue weighted by molar-refractivity contribution is 0.0697. The van der Waals surface area contributed by atoms with E-state index in [0.29, 0.717) is 5.69 Å². The first-order chi connectivity index (χ1) is 8.97. The number of aromatic nitrogens is 2. The molecular formula is C12H10ClN3O3. The van der Waals surface area contributed by atoms with E-state index in [-0.39, 0.29) is 22.2 Å². The molecule has 98 valence electrons. The predicted octanol–water partition coefficient (Wildman–Crippen LogP) is 2.02. The SMILES string of the molecule is Cn1cnc(C(=O)Nc2ccc(C(=O)O)c(Cl)c2)c1. The van der Waals surface area contributed by atoms with Gasteiger partial charge in [-0.2, -0.15) is 0 Å². The number of aryl methyl sites for hydroxylation is 1. The summed E-state index contributed by atoms with van der Waals surface area (Å²) in [6, 6.07) is 4.18. The molecule has 0 aliphatic heterocycles. The van der Waals surface area contributed by atoms with Gasteiger partial charge in [0.1, 0.15) is 5.69 Å². The molecule has 0 aliphatic carbocycles. The molecule has 0 bridgehead atoms. The molecular weight excluding hydrogens is 270 g/mol. The summed E-state index contributed by atoms with van der Waals surface area (Å²) in [4.78, 5) is 26.5. The Hall–Kier alpha value is -2.34. The molecule has 6 nitrogen and oxygen atoms in total. The average Bonchev–Trinajstić information content (AvgIpc) is 2.75. The molecule has 1 amide bonds. The number of carboxylic acid groups (broad SMARTS) is 1. The quantitative estimate of drug-likeness (QED) is 0.900. The monoisotopic (exact) mass is 279 g/mol. The van der Waals surface area contributed by atoms with Crippen molar-refractivity contribution >= 4 is 29.2 Å². The standard InChI is InChI=1S/C12H10ClN3O3/c1-16-5-10(14-6-16)11(17)15-7-2-3-8(12(18)19)9(13)4-7/h2-6H,1H3,(H,15,17)(H,18,19). The molecule has 2 rings (SSSR count). The molecule has 0 spiro atoms. The number of anilines is 1. The third-order valence-corrected chi connectivity index (χ3v) is 2.71. The van der Waals surface area contributed by atoms with Crippen LogP contribution in [-0.2, 0) is 7.05 Å². The number of hydrogen-bond donors (Lipinski definition) is 2. The first kappa shape index (κ1) is 13.1. The minimum Gasteiger partial charge on any atom is -0.478 e. The van der Waals surface area contributed by atoms with Gasteiger partial charge in [-0.15, -0.1) is 0 Å². The van der Waals surface area contributed by atoms with E-state index >= 15 is 0 Å². The van der Waals surface area contributed by atoms with Gasteiger partial charge in [-0.25, -0.2) is 9.78 Å². The summed E-state index contributed by atoms with van der Waals surface area (Å²) in [7, 11) is 1.75. The molecule has 1 aromatic carbocycles. The van der Waals surface area contributed by atoms with Gasteiger partial charge in [0.05, 0.1) is 16.9 Å². The lowest BCUT2D eigenvalue weighted by atomic mass is 10.2. The van der Waals surface area contributed by atoms with E-state index in [1.54, 1.807) is 17.8 Å². The zero-order valence-electron chi connectivity index (χ0n) is 9.92. The Morgan fingerprint density at radius 3 is 2.68 bits per heavy atom. The van der Waals surface area contributed by atoms with E-state index in [1.807, 2.05) is 0 Å². The zero-order valence-corrected chi connectivity index (χ0v) is 10.7. The minimum absolute atomic E-state index is 0.0162. The molecule has 1 aromatic heterocycles. The number of carbonyl (C=O) groups is 2. The molecule has 19 heavy (non-hydrogen) atoms. The van der Waals surface area contributed by atoms with Crippen LogP contribution in [0.4, 0.5) is 5.69 Å². The van der Waals surface area contributed by atoms with Crippen LogP contribution in [0.3, 0.4) is 0 Å². The number of rotatable bonds is 3. The van der Waals surface area contributed by atoms with Crippen molar-refractivity contribution in [3.63, 3.8) is 0 Å². The second-order valence-corrected chi connectivity index (χ2v) is 4.29. The molecule has 2 aromatic rings. The highest BCUT2D eigenvalue weighted by atomic mass is 35.5. The Morgan fingerprint density at radius 1 is 1.42 bits per heavy atom. The van der Waals surface area contributed by atoms with Gasteiger partial charge in [0.25, 0.3) is 5.91 Å². The number of benzene rings is 1. The van der Waals surface area contributed by atoms with Crippen LogP contribution in [0.5, 0.6) is 0 Å². The van der Waals surface area contributed by atoms with Crippen molar-refractivity contribution < 1.29 is 14.7 Å². The van der Waals surface area contributed by atoms with Crippen LogP contribution >= 0.6 is 11.6 Å². The van der Waals surface area contributed by atoms with E-state index in [4.69, 9.17) is 16.7 Å². The van der Waals surface area contributed by atoms with Crippen LogP contribution < -0.4 is 5.32 Å². The Kier molecular flexibility index (Phi) is 3.52. The van der Waals surface area contributed by atoms with Gasteiger partial charge in [-0.05, 0) is 18.2 Å². The summed E-state index contributed by atoms with van der Waals surface area (Å²) in [5.74, 6) is -1.51.